The quantitative estimate of drug-likeness (QED) is 0.744. The van der Waals surface area contributed by atoms with E-state index in [2.05, 4.69) is 44.1 Å². The van der Waals surface area contributed by atoms with E-state index >= 15 is 0 Å². The van der Waals surface area contributed by atoms with Crippen LogP contribution >= 0.6 is 22.7 Å². The maximum absolute atomic E-state index is 10.7. The predicted molar refractivity (Wildman–Crippen MR) is 92.0 cm³/mol. The summed E-state index contributed by atoms with van der Waals surface area (Å²) in [5.74, 6) is 1.83. The van der Waals surface area contributed by atoms with Crippen molar-refractivity contribution in [3.63, 3.8) is 0 Å². The Bertz CT molecular complexity index is 864. The molecule has 0 bridgehead atoms. The van der Waals surface area contributed by atoms with Gasteiger partial charge in [0.05, 0.1) is 0 Å². The van der Waals surface area contributed by atoms with Gasteiger partial charge in [0.25, 0.3) is 0 Å². The molecule has 0 saturated heterocycles. The highest BCUT2D eigenvalue weighted by Crippen LogP contribution is 2.39. The van der Waals surface area contributed by atoms with E-state index < -0.39 is 6.09 Å². The first-order valence-corrected chi connectivity index (χ1v) is 9.23. The van der Waals surface area contributed by atoms with Gasteiger partial charge in [-0.25, -0.2) is 9.78 Å². The Morgan fingerprint density at radius 2 is 2.21 bits per heavy atom. The minimum atomic E-state index is -0.975. The summed E-state index contributed by atoms with van der Waals surface area (Å²) < 4.78 is 2.07. The van der Waals surface area contributed by atoms with Gasteiger partial charge >= 0.3 is 6.09 Å². The summed E-state index contributed by atoms with van der Waals surface area (Å²) in [4.78, 5) is 16.3. The van der Waals surface area contributed by atoms with Gasteiger partial charge in [0.15, 0.2) is 10.8 Å². The second-order valence-corrected chi connectivity index (χ2v) is 7.91. The van der Waals surface area contributed by atoms with Crippen LogP contribution in [0.3, 0.4) is 0 Å². The Hall–Kier alpha value is -2.26. The lowest BCUT2D eigenvalue weighted by molar-refractivity contribution is 0.176. The molecule has 3 aromatic rings. The van der Waals surface area contributed by atoms with Crippen molar-refractivity contribution in [2.24, 2.45) is 0 Å². The van der Waals surface area contributed by atoms with Crippen LogP contribution in [0.5, 0.6) is 0 Å². The lowest BCUT2D eigenvalue weighted by atomic mass is 9.79. The van der Waals surface area contributed by atoms with Crippen molar-refractivity contribution in [1.82, 2.24) is 25.1 Å². The number of amides is 1. The van der Waals surface area contributed by atoms with Gasteiger partial charge in [-0.1, -0.05) is 0 Å². The number of aryl methyl sites for hydroxylation is 1. The number of thiophene rings is 1. The summed E-state index contributed by atoms with van der Waals surface area (Å²) >= 11 is 3.22. The number of carbonyl (C=O) groups is 1. The van der Waals surface area contributed by atoms with Crippen molar-refractivity contribution in [2.45, 2.75) is 31.7 Å². The van der Waals surface area contributed by atoms with E-state index in [1.165, 1.54) is 16.2 Å². The molecule has 4 rings (SSSR count). The van der Waals surface area contributed by atoms with E-state index in [4.69, 9.17) is 5.11 Å². The van der Waals surface area contributed by atoms with Crippen LogP contribution in [-0.4, -0.2) is 37.0 Å². The summed E-state index contributed by atoms with van der Waals surface area (Å²) in [5.41, 5.74) is 0. The van der Waals surface area contributed by atoms with E-state index in [9.17, 15) is 4.79 Å². The lowest BCUT2D eigenvalue weighted by Crippen LogP contribution is -2.43. The van der Waals surface area contributed by atoms with Gasteiger partial charge in [0, 0.05) is 28.4 Å². The average Bonchev–Trinajstić information content (AvgIpc) is 3.21. The van der Waals surface area contributed by atoms with Gasteiger partial charge in [-0.15, -0.1) is 32.9 Å². The zero-order valence-corrected chi connectivity index (χ0v) is 14.5. The minimum absolute atomic E-state index is 0.00830. The smallest absolute Gasteiger partial charge is 0.404 e. The fraction of sp³-hybridized carbons (Fsp3) is 0.333. The van der Waals surface area contributed by atoms with Crippen LogP contribution in [0, 0.1) is 6.92 Å². The normalized spacial score (nSPS) is 19.9. The largest absolute Gasteiger partial charge is 0.465 e. The van der Waals surface area contributed by atoms with Crippen molar-refractivity contribution >= 4 is 28.8 Å². The molecule has 0 aromatic carbocycles. The number of aromatic nitrogens is 4. The Balaban J connectivity index is 1.69. The van der Waals surface area contributed by atoms with E-state index in [-0.39, 0.29) is 12.0 Å². The van der Waals surface area contributed by atoms with E-state index in [0.29, 0.717) is 0 Å². The van der Waals surface area contributed by atoms with Crippen LogP contribution in [0.1, 0.15) is 29.5 Å². The highest BCUT2D eigenvalue weighted by molar-refractivity contribution is 7.14. The Morgan fingerprint density at radius 3 is 2.83 bits per heavy atom. The molecule has 124 valence electrons. The molecule has 1 amide bonds. The molecule has 2 N–H and O–H groups in total. The summed E-state index contributed by atoms with van der Waals surface area (Å²) in [6.07, 6.45) is 2.27. The number of thiazole rings is 1. The zero-order chi connectivity index (χ0) is 16.7. The third-order valence-corrected chi connectivity index (χ3v) is 5.84. The molecule has 0 aliphatic heterocycles. The Kier molecular flexibility index (Phi) is 3.81. The first kappa shape index (κ1) is 15.3. The second kappa shape index (κ2) is 5.99. The Labute approximate surface area is 146 Å². The number of hydrogen-bond acceptors (Lipinski definition) is 6. The first-order valence-electron chi connectivity index (χ1n) is 7.53. The van der Waals surface area contributed by atoms with E-state index in [1.807, 2.05) is 5.38 Å². The molecule has 0 unspecified atom stereocenters. The number of nitrogens with zero attached hydrogens (tertiary/aromatic N) is 4. The molecule has 24 heavy (non-hydrogen) atoms. The molecule has 1 aliphatic rings. The van der Waals surface area contributed by atoms with Crippen LogP contribution in [0.25, 0.3) is 15.8 Å². The molecular formula is C15H15N5O2S2. The highest BCUT2D eigenvalue weighted by Gasteiger charge is 2.36. The predicted octanol–water partition coefficient (Wildman–Crippen LogP) is 3.27. The van der Waals surface area contributed by atoms with Crippen LogP contribution in [0.4, 0.5) is 4.79 Å². The van der Waals surface area contributed by atoms with Gasteiger partial charge in [0.1, 0.15) is 10.8 Å². The number of rotatable bonds is 4. The molecule has 1 saturated carbocycles. The minimum Gasteiger partial charge on any atom is -0.465 e. The molecule has 0 radical (unpaired) electrons. The molecule has 0 atom stereocenters. The molecule has 3 heterocycles. The SMILES string of the molecule is Cc1ccc(-n2c(-c3nccs3)nnc2[C@H]2C[C@H](NC(=O)O)C2)s1. The molecule has 0 spiro atoms. The van der Waals surface area contributed by atoms with Crippen LogP contribution in [0.2, 0.25) is 0 Å². The van der Waals surface area contributed by atoms with Crippen LogP contribution < -0.4 is 5.32 Å². The summed E-state index contributed by atoms with van der Waals surface area (Å²) in [5, 5.41) is 23.9. The lowest BCUT2D eigenvalue weighted by Gasteiger charge is -2.34. The fourth-order valence-corrected chi connectivity index (χ4v) is 4.40. The van der Waals surface area contributed by atoms with Gasteiger partial charge in [-0.2, -0.15) is 0 Å². The zero-order valence-electron chi connectivity index (χ0n) is 12.8. The summed E-state index contributed by atoms with van der Waals surface area (Å²) in [6, 6.07) is 4.13. The fourth-order valence-electron chi connectivity index (χ4n) is 2.91. The number of carboxylic acid groups (broad SMARTS) is 1. The molecule has 3 aromatic heterocycles. The number of hydrogen-bond donors (Lipinski definition) is 2. The average molecular weight is 361 g/mol. The van der Waals surface area contributed by atoms with E-state index in [1.54, 1.807) is 17.5 Å². The monoisotopic (exact) mass is 361 g/mol. The second-order valence-electron chi connectivity index (χ2n) is 5.75. The topological polar surface area (TPSA) is 92.9 Å². The third kappa shape index (κ3) is 2.69. The summed E-state index contributed by atoms with van der Waals surface area (Å²) in [7, 11) is 0. The highest BCUT2D eigenvalue weighted by atomic mass is 32.1. The van der Waals surface area contributed by atoms with Crippen LogP contribution in [0.15, 0.2) is 23.7 Å². The van der Waals surface area contributed by atoms with Gasteiger partial charge in [-0.3, -0.25) is 4.57 Å². The van der Waals surface area contributed by atoms with E-state index in [0.717, 1.165) is 34.5 Å². The third-order valence-electron chi connectivity index (χ3n) is 4.09. The standard InChI is InChI=1S/C15H15N5O2S2/c1-8-2-3-11(24-8)20-12(9-6-10(7-9)17-15(21)22)18-19-13(20)14-16-4-5-23-14/h2-5,9-10,17H,6-7H2,1H3,(H,21,22)/t9-,10-. The number of nitrogens with one attached hydrogen (secondary N) is 1. The summed E-state index contributed by atoms with van der Waals surface area (Å²) in [6.45, 7) is 2.07. The van der Waals surface area contributed by atoms with Crippen molar-refractivity contribution in [3.05, 3.63) is 34.4 Å². The molecule has 7 nitrogen and oxygen atoms in total. The molecule has 1 fully saturated rings. The molecular weight excluding hydrogens is 346 g/mol. The van der Waals surface area contributed by atoms with Crippen molar-refractivity contribution in [3.8, 4) is 15.8 Å². The van der Waals surface area contributed by atoms with Gasteiger partial charge < -0.3 is 10.4 Å². The van der Waals surface area contributed by atoms with Crippen molar-refractivity contribution in [1.29, 1.82) is 0 Å². The van der Waals surface area contributed by atoms with Gasteiger partial charge in [0.2, 0.25) is 0 Å². The van der Waals surface area contributed by atoms with Gasteiger partial charge in [-0.05, 0) is 31.9 Å². The van der Waals surface area contributed by atoms with Crippen molar-refractivity contribution in [2.75, 3.05) is 0 Å². The van der Waals surface area contributed by atoms with Crippen molar-refractivity contribution < 1.29 is 9.90 Å². The molecule has 1 aliphatic carbocycles. The molecule has 9 heteroatoms. The van der Waals surface area contributed by atoms with Crippen LogP contribution in [-0.2, 0) is 0 Å². The maximum atomic E-state index is 10.7. The Morgan fingerprint density at radius 1 is 1.38 bits per heavy atom. The first-order chi connectivity index (χ1) is 11.6. The maximum Gasteiger partial charge on any atom is 0.404 e.